The average molecular weight is 355 g/mol. The van der Waals surface area contributed by atoms with Gasteiger partial charge < -0.3 is 4.98 Å². The minimum absolute atomic E-state index is 0.124. The molecular weight excluding hydrogens is 339 g/mol. The lowest BCUT2D eigenvalue weighted by atomic mass is 9.91. The third-order valence-electron chi connectivity index (χ3n) is 3.22. The predicted octanol–water partition coefficient (Wildman–Crippen LogP) is 2.68. The number of Topliss-reactive ketones (excluding diaryl/α,β-unsaturated/α-hetero) is 1. The summed E-state index contributed by atoms with van der Waals surface area (Å²) in [7, 11) is 0. The first kappa shape index (κ1) is 18.2. The first-order valence-electron chi connectivity index (χ1n) is 7.11. The molecule has 0 amide bonds. The Labute approximate surface area is 140 Å². The van der Waals surface area contributed by atoms with Crippen molar-refractivity contribution in [2.45, 2.75) is 26.9 Å². The summed E-state index contributed by atoms with van der Waals surface area (Å²) in [5.41, 5.74) is -1.21. The normalized spacial score (nSPS) is 14.2. The van der Waals surface area contributed by atoms with Crippen molar-refractivity contribution >= 4 is 29.3 Å². The molecule has 1 aromatic carbocycles. The number of aromatic nitrogens is 1. The third kappa shape index (κ3) is 4.44. The van der Waals surface area contributed by atoms with Gasteiger partial charge in [-0.1, -0.05) is 32.9 Å². The summed E-state index contributed by atoms with van der Waals surface area (Å²) in [6.45, 7) is 5.31. The van der Waals surface area contributed by atoms with Crippen molar-refractivity contribution in [3.63, 3.8) is 0 Å². The zero-order valence-electron chi connectivity index (χ0n) is 13.3. The number of carbonyl (C=O) groups excluding carboxylic acids is 1. The lowest BCUT2D eigenvalue weighted by molar-refractivity contribution is -0.137. The van der Waals surface area contributed by atoms with Crippen molar-refractivity contribution < 1.29 is 18.0 Å². The van der Waals surface area contributed by atoms with Crippen LogP contribution in [0, 0.1) is 5.41 Å². The van der Waals surface area contributed by atoms with Gasteiger partial charge in [0.25, 0.3) is 5.56 Å². The Morgan fingerprint density at radius 3 is 2.21 bits per heavy atom. The van der Waals surface area contributed by atoms with Crippen molar-refractivity contribution in [3.05, 3.63) is 54.9 Å². The van der Waals surface area contributed by atoms with E-state index in [4.69, 9.17) is 0 Å². The number of rotatable bonds is 2. The van der Waals surface area contributed by atoms with Crippen molar-refractivity contribution in [1.82, 2.24) is 4.98 Å². The van der Waals surface area contributed by atoms with E-state index in [1.807, 2.05) is 0 Å². The number of halogens is 3. The molecule has 0 atom stereocenters. The number of nitrogens with one attached hydrogen (secondary N) is 1. The summed E-state index contributed by atoms with van der Waals surface area (Å²) in [6.07, 6.45) is -1.53. The Kier molecular flexibility index (Phi) is 4.85. The zero-order valence-corrected chi connectivity index (χ0v) is 14.1. The molecule has 0 saturated heterocycles. The molecule has 24 heavy (non-hydrogen) atoms. The Morgan fingerprint density at radius 1 is 1.12 bits per heavy atom. The monoisotopic (exact) mass is 355 g/mol. The number of aromatic amines is 1. The second-order valence-electron chi connectivity index (χ2n) is 6.31. The van der Waals surface area contributed by atoms with Gasteiger partial charge in [-0.2, -0.15) is 13.2 Å². The van der Waals surface area contributed by atoms with Gasteiger partial charge in [0, 0.05) is 11.5 Å². The van der Waals surface area contributed by atoms with Crippen molar-refractivity contribution in [3.8, 4) is 0 Å². The summed E-state index contributed by atoms with van der Waals surface area (Å²) < 4.78 is 38.3. The molecule has 7 heteroatoms. The highest BCUT2D eigenvalue weighted by Crippen LogP contribution is 2.29. The lowest BCUT2D eigenvalue weighted by Crippen LogP contribution is -2.22. The van der Waals surface area contributed by atoms with Crippen molar-refractivity contribution in [2.75, 3.05) is 0 Å². The molecule has 1 aromatic heterocycles. The Bertz CT molecular complexity index is 913. The SMILES string of the molecule is CC(C)(C)C(=O)/C=c1\[nH]c(=O)/c(=C\c2ccc(C(F)(F)F)cc2)s1. The van der Waals surface area contributed by atoms with E-state index in [1.54, 1.807) is 20.8 Å². The molecule has 1 N–H and O–H groups in total. The van der Waals surface area contributed by atoms with Gasteiger partial charge in [-0.05, 0) is 23.8 Å². The maximum Gasteiger partial charge on any atom is 0.416 e. The van der Waals surface area contributed by atoms with Crippen molar-refractivity contribution in [1.29, 1.82) is 0 Å². The van der Waals surface area contributed by atoms with Crippen LogP contribution in [0.1, 0.15) is 31.9 Å². The minimum Gasteiger partial charge on any atom is -0.313 e. The van der Waals surface area contributed by atoms with Crippen molar-refractivity contribution in [2.24, 2.45) is 5.41 Å². The standard InChI is InChI=1S/C17H16F3NO2S/c1-16(2,3)13(22)9-14-21-15(23)12(24-14)8-10-4-6-11(7-5-10)17(18,19)20/h4-9H,1-3H3,(H,21,23)/b12-8+,14-9+. The first-order chi connectivity index (χ1) is 11.0. The van der Waals surface area contributed by atoms with Crippen LogP contribution in [0.2, 0.25) is 0 Å². The van der Waals surface area contributed by atoms with E-state index >= 15 is 0 Å². The zero-order chi connectivity index (χ0) is 18.1. The van der Waals surface area contributed by atoms with E-state index < -0.39 is 17.2 Å². The highest BCUT2D eigenvalue weighted by Gasteiger charge is 2.29. The highest BCUT2D eigenvalue weighted by atomic mass is 32.1. The van der Waals surface area contributed by atoms with Gasteiger partial charge in [0.1, 0.15) is 0 Å². The molecule has 0 unspecified atom stereocenters. The predicted molar refractivity (Wildman–Crippen MR) is 88.1 cm³/mol. The van der Waals surface area contributed by atoms with Gasteiger partial charge in [-0.3, -0.25) is 9.59 Å². The molecule has 0 aliphatic rings. The summed E-state index contributed by atoms with van der Waals surface area (Å²) in [4.78, 5) is 26.4. The number of ketones is 1. The van der Waals surface area contributed by atoms with Gasteiger partial charge in [-0.15, -0.1) is 11.3 Å². The Balaban J connectivity index is 2.40. The largest absolute Gasteiger partial charge is 0.416 e. The van der Waals surface area contributed by atoms with E-state index in [1.165, 1.54) is 24.3 Å². The van der Waals surface area contributed by atoms with E-state index in [9.17, 15) is 22.8 Å². The highest BCUT2D eigenvalue weighted by molar-refractivity contribution is 7.07. The van der Waals surface area contributed by atoms with Crippen LogP contribution in [0.4, 0.5) is 13.2 Å². The summed E-state index contributed by atoms with van der Waals surface area (Å²) in [6, 6.07) is 4.52. The Hall–Kier alpha value is -2.15. The molecule has 3 nitrogen and oxygen atoms in total. The van der Waals surface area contributed by atoms with E-state index in [0.717, 1.165) is 23.5 Å². The summed E-state index contributed by atoms with van der Waals surface area (Å²) in [5.74, 6) is -0.124. The summed E-state index contributed by atoms with van der Waals surface area (Å²) in [5, 5.41) is 0. The third-order valence-corrected chi connectivity index (χ3v) is 4.18. The Morgan fingerprint density at radius 2 is 1.71 bits per heavy atom. The van der Waals surface area contributed by atoms with Gasteiger partial charge in [0.15, 0.2) is 5.78 Å². The lowest BCUT2D eigenvalue weighted by Gasteiger charge is -2.12. The first-order valence-corrected chi connectivity index (χ1v) is 7.93. The topological polar surface area (TPSA) is 49.9 Å². The number of thiazole rings is 1. The molecule has 0 saturated carbocycles. The van der Waals surface area contributed by atoms with Gasteiger partial charge in [0.2, 0.25) is 0 Å². The van der Waals surface area contributed by atoms with Crippen LogP contribution in [0.15, 0.2) is 29.1 Å². The number of hydrogen-bond donors (Lipinski definition) is 1. The van der Waals surface area contributed by atoms with E-state index in [0.29, 0.717) is 14.8 Å². The van der Waals surface area contributed by atoms with E-state index in [-0.39, 0.29) is 11.3 Å². The molecule has 1 heterocycles. The second kappa shape index (κ2) is 6.39. The number of benzene rings is 1. The molecule has 0 spiro atoms. The fourth-order valence-electron chi connectivity index (χ4n) is 1.78. The van der Waals surface area contributed by atoms with Crippen LogP contribution in [0.25, 0.3) is 12.2 Å². The number of carbonyl (C=O) groups is 1. The van der Waals surface area contributed by atoms with Crippen LogP contribution in [0.5, 0.6) is 0 Å². The average Bonchev–Trinajstić information content (AvgIpc) is 2.77. The quantitative estimate of drug-likeness (QED) is 0.900. The molecule has 0 aliphatic carbocycles. The molecule has 2 rings (SSSR count). The van der Waals surface area contributed by atoms with Crippen LogP contribution in [0.3, 0.4) is 0 Å². The summed E-state index contributed by atoms with van der Waals surface area (Å²) >= 11 is 1.09. The maximum atomic E-state index is 12.5. The number of H-pyrrole nitrogens is 1. The fourth-order valence-corrected chi connectivity index (χ4v) is 2.67. The van der Waals surface area contributed by atoms with Gasteiger partial charge >= 0.3 is 6.18 Å². The fraction of sp³-hybridized carbons (Fsp3) is 0.294. The number of alkyl halides is 3. The minimum atomic E-state index is -4.39. The molecule has 0 radical (unpaired) electrons. The van der Waals surface area contributed by atoms with Crippen LogP contribution < -0.4 is 14.8 Å². The van der Waals surface area contributed by atoms with Crippen LogP contribution >= 0.6 is 11.3 Å². The van der Waals surface area contributed by atoms with Crippen LogP contribution in [-0.4, -0.2) is 10.8 Å². The smallest absolute Gasteiger partial charge is 0.313 e. The molecule has 0 bridgehead atoms. The second-order valence-corrected chi connectivity index (χ2v) is 7.39. The molecule has 128 valence electrons. The van der Waals surface area contributed by atoms with Crippen LogP contribution in [-0.2, 0) is 11.0 Å². The number of hydrogen-bond acceptors (Lipinski definition) is 3. The molecule has 0 aliphatic heterocycles. The molecule has 2 aromatic rings. The molecular formula is C17H16F3NO2S. The molecule has 0 fully saturated rings. The van der Waals surface area contributed by atoms with Gasteiger partial charge in [0.05, 0.1) is 14.8 Å². The van der Waals surface area contributed by atoms with Gasteiger partial charge in [-0.25, -0.2) is 0 Å². The van der Waals surface area contributed by atoms with E-state index in [2.05, 4.69) is 4.98 Å². The maximum absolute atomic E-state index is 12.5.